The Morgan fingerprint density at radius 1 is 1.22 bits per heavy atom. The molecule has 10 nitrogen and oxygen atoms in total. The largest absolute Gasteiger partial charge is 0.365 e. The zero-order chi connectivity index (χ0) is 22.2. The van der Waals surface area contributed by atoms with Crippen molar-refractivity contribution in [2.45, 2.75) is 31.8 Å². The SMILES string of the molecule is CC1CNCCN1c1cc(C#N)cc(Nc2nc(NC3CC3)n3ncc(C#N)c3n2)c1Cl. The topological polar surface area (TPSA) is 130 Å². The van der Waals surface area contributed by atoms with Gasteiger partial charge in [-0.15, -0.1) is 0 Å². The van der Waals surface area contributed by atoms with Gasteiger partial charge in [-0.05, 0) is 31.9 Å². The lowest BCUT2D eigenvalue weighted by molar-refractivity contribution is 0.501. The minimum atomic E-state index is 0.231. The minimum Gasteiger partial charge on any atom is -0.365 e. The van der Waals surface area contributed by atoms with E-state index in [1.54, 1.807) is 6.07 Å². The summed E-state index contributed by atoms with van der Waals surface area (Å²) in [7, 11) is 0. The maximum Gasteiger partial charge on any atom is 0.232 e. The molecule has 1 aromatic carbocycles. The molecule has 3 N–H and O–H groups in total. The van der Waals surface area contributed by atoms with Crippen molar-refractivity contribution in [3.8, 4) is 12.1 Å². The molecule has 1 unspecified atom stereocenters. The second-order valence-corrected chi connectivity index (χ2v) is 8.41. The second kappa shape index (κ2) is 8.15. The number of nitrogens with one attached hydrogen (secondary N) is 3. The zero-order valence-corrected chi connectivity index (χ0v) is 18.2. The molecule has 0 radical (unpaired) electrons. The average molecular weight is 449 g/mol. The fraction of sp³-hybridized carbons (Fsp3) is 0.381. The Hall–Kier alpha value is -3.60. The van der Waals surface area contributed by atoms with E-state index in [4.69, 9.17) is 11.6 Å². The number of hydrogen-bond acceptors (Lipinski definition) is 9. The molecule has 162 valence electrons. The minimum absolute atomic E-state index is 0.231. The number of piperazine rings is 1. The van der Waals surface area contributed by atoms with Gasteiger partial charge >= 0.3 is 0 Å². The van der Waals surface area contributed by atoms with Gasteiger partial charge in [0.25, 0.3) is 0 Å². The Morgan fingerprint density at radius 3 is 2.78 bits per heavy atom. The number of anilines is 4. The van der Waals surface area contributed by atoms with Crippen LogP contribution in [0.5, 0.6) is 0 Å². The smallest absolute Gasteiger partial charge is 0.232 e. The molecule has 1 saturated heterocycles. The van der Waals surface area contributed by atoms with Gasteiger partial charge in [0.1, 0.15) is 11.6 Å². The van der Waals surface area contributed by atoms with Gasteiger partial charge in [-0.3, -0.25) is 0 Å². The Kier molecular flexibility index (Phi) is 5.17. The third-order valence-electron chi connectivity index (χ3n) is 5.64. The van der Waals surface area contributed by atoms with Crippen LogP contribution in [0.25, 0.3) is 5.65 Å². The van der Waals surface area contributed by atoms with Crippen molar-refractivity contribution < 1.29 is 0 Å². The molecule has 3 heterocycles. The van der Waals surface area contributed by atoms with Crippen LogP contribution in [-0.2, 0) is 0 Å². The summed E-state index contributed by atoms with van der Waals surface area (Å²) in [5.41, 5.74) is 2.56. The van der Waals surface area contributed by atoms with Crippen molar-refractivity contribution in [2.24, 2.45) is 0 Å². The average Bonchev–Trinajstić information content (AvgIpc) is 3.51. The van der Waals surface area contributed by atoms with Crippen LogP contribution >= 0.6 is 11.6 Å². The molecule has 0 bridgehead atoms. The van der Waals surface area contributed by atoms with Crippen molar-refractivity contribution in [3.05, 3.63) is 34.5 Å². The van der Waals surface area contributed by atoms with E-state index in [0.29, 0.717) is 39.5 Å². The number of rotatable bonds is 5. The van der Waals surface area contributed by atoms with E-state index in [-0.39, 0.29) is 12.0 Å². The van der Waals surface area contributed by atoms with Crippen molar-refractivity contribution in [1.29, 1.82) is 10.5 Å². The monoisotopic (exact) mass is 448 g/mol. The number of nitriles is 2. The van der Waals surface area contributed by atoms with E-state index in [2.05, 4.69) is 55.0 Å². The summed E-state index contributed by atoms with van der Waals surface area (Å²) in [5, 5.41) is 33.6. The molecule has 2 aromatic heterocycles. The van der Waals surface area contributed by atoms with Gasteiger partial charge in [0.2, 0.25) is 11.9 Å². The molecule has 1 atom stereocenters. The van der Waals surface area contributed by atoms with Gasteiger partial charge in [0, 0.05) is 31.7 Å². The molecule has 11 heteroatoms. The highest BCUT2D eigenvalue weighted by atomic mass is 35.5. The molecule has 2 fully saturated rings. The van der Waals surface area contributed by atoms with Crippen molar-refractivity contribution in [2.75, 3.05) is 35.2 Å². The number of hydrogen-bond donors (Lipinski definition) is 3. The molecular weight excluding hydrogens is 428 g/mol. The van der Waals surface area contributed by atoms with E-state index in [9.17, 15) is 10.5 Å². The molecule has 1 aliphatic carbocycles. The summed E-state index contributed by atoms with van der Waals surface area (Å²) in [6, 6.07) is 8.38. The van der Waals surface area contributed by atoms with Gasteiger partial charge in [-0.2, -0.15) is 30.1 Å². The quantitative estimate of drug-likeness (QED) is 0.539. The van der Waals surface area contributed by atoms with E-state index < -0.39 is 0 Å². The highest BCUT2D eigenvalue weighted by Crippen LogP contribution is 2.37. The Balaban J connectivity index is 1.56. The fourth-order valence-corrected chi connectivity index (χ4v) is 4.07. The summed E-state index contributed by atoms with van der Waals surface area (Å²) in [4.78, 5) is 11.3. The van der Waals surface area contributed by atoms with Gasteiger partial charge in [-0.1, -0.05) is 11.6 Å². The lowest BCUT2D eigenvalue weighted by atomic mass is 10.1. The van der Waals surface area contributed by atoms with Crippen LogP contribution in [-0.4, -0.2) is 51.3 Å². The number of fused-ring (bicyclic) bond motifs is 1. The first kappa shape index (κ1) is 20.3. The Morgan fingerprint density at radius 2 is 2.06 bits per heavy atom. The fourth-order valence-electron chi connectivity index (χ4n) is 3.81. The molecule has 5 rings (SSSR count). The van der Waals surface area contributed by atoms with Gasteiger partial charge in [0.15, 0.2) is 5.65 Å². The van der Waals surface area contributed by atoms with E-state index in [0.717, 1.165) is 38.2 Å². The molecule has 1 saturated carbocycles. The third-order valence-corrected chi connectivity index (χ3v) is 6.04. The first-order chi connectivity index (χ1) is 15.6. The summed E-state index contributed by atoms with van der Waals surface area (Å²) in [5.74, 6) is 0.777. The summed E-state index contributed by atoms with van der Waals surface area (Å²) < 4.78 is 1.53. The Bertz CT molecular complexity index is 1270. The highest BCUT2D eigenvalue weighted by Gasteiger charge is 2.25. The summed E-state index contributed by atoms with van der Waals surface area (Å²) in [6.45, 7) is 4.58. The van der Waals surface area contributed by atoms with E-state index in [1.165, 1.54) is 10.7 Å². The molecule has 3 aromatic rings. The van der Waals surface area contributed by atoms with Crippen molar-refractivity contribution >= 4 is 40.5 Å². The normalized spacial score (nSPS) is 18.2. The number of benzene rings is 1. The predicted molar refractivity (Wildman–Crippen MR) is 121 cm³/mol. The first-order valence-electron chi connectivity index (χ1n) is 10.5. The molecule has 1 aliphatic heterocycles. The van der Waals surface area contributed by atoms with Crippen LogP contribution in [0, 0.1) is 22.7 Å². The van der Waals surface area contributed by atoms with Crippen LogP contribution in [0.15, 0.2) is 18.3 Å². The summed E-state index contributed by atoms with van der Waals surface area (Å²) >= 11 is 6.80. The highest BCUT2D eigenvalue weighted by molar-refractivity contribution is 6.36. The van der Waals surface area contributed by atoms with Crippen LogP contribution < -0.4 is 20.9 Å². The van der Waals surface area contributed by atoms with Gasteiger partial charge in [0.05, 0.1) is 34.2 Å². The molecule has 32 heavy (non-hydrogen) atoms. The zero-order valence-electron chi connectivity index (χ0n) is 17.4. The van der Waals surface area contributed by atoms with Crippen LogP contribution in [0.3, 0.4) is 0 Å². The number of aromatic nitrogens is 4. The van der Waals surface area contributed by atoms with E-state index >= 15 is 0 Å². The van der Waals surface area contributed by atoms with Gasteiger partial charge in [-0.25, -0.2) is 0 Å². The molecule has 0 amide bonds. The predicted octanol–water partition coefficient (Wildman–Crippen LogP) is 2.64. The number of halogens is 1. The lowest BCUT2D eigenvalue weighted by Gasteiger charge is -2.36. The van der Waals surface area contributed by atoms with Crippen LogP contribution in [0.2, 0.25) is 5.02 Å². The third kappa shape index (κ3) is 3.75. The first-order valence-corrected chi connectivity index (χ1v) is 10.9. The molecule has 2 aliphatic rings. The van der Waals surface area contributed by atoms with Crippen molar-refractivity contribution in [1.82, 2.24) is 24.9 Å². The maximum atomic E-state index is 9.60. The molecular formula is C21H21ClN10. The Labute approximate surface area is 189 Å². The van der Waals surface area contributed by atoms with Crippen LogP contribution in [0.4, 0.5) is 23.3 Å². The molecule has 0 spiro atoms. The summed E-state index contributed by atoms with van der Waals surface area (Å²) in [6.07, 6.45) is 3.59. The van der Waals surface area contributed by atoms with Crippen molar-refractivity contribution in [3.63, 3.8) is 0 Å². The lowest BCUT2D eigenvalue weighted by Crippen LogP contribution is -2.50. The second-order valence-electron chi connectivity index (χ2n) is 8.04. The van der Waals surface area contributed by atoms with E-state index in [1.807, 2.05) is 6.07 Å². The van der Waals surface area contributed by atoms with Crippen LogP contribution in [0.1, 0.15) is 30.9 Å². The standard InChI is InChI=1S/C21H21ClN10/c1-12-10-25-4-5-31(12)17-7-13(8-23)6-16(18(17)22)28-20-29-19-14(9-24)11-26-32(19)21(30-20)27-15-2-3-15/h6-7,11-12,15,25H,2-5,10H2,1H3,(H2,27,28,29,30). The number of nitrogens with zero attached hydrogens (tertiary/aromatic N) is 7. The maximum absolute atomic E-state index is 9.60. The van der Waals surface area contributed by atoms with Gasteiger partial charge < -0.3 is 20.9 Å².